The molecule has 2 nitrogen and oxygen atoms in total. The zero-order valence-corrected chi connectivity index (χ0v) is 22.3. The van der Waals surface area contributed by atoms with E-state index in [1.165, 1.54) is 16.7 Å². The van der Waals surface area contributed by atoms with Gasteiger partial charge >= 0.3 is 0 Å². The second-order valence-electron chi connectivity index (χ2n) is 11.7. The first-order valence-electron chi connectivity index (χ1n) is 13.7. The van der Waals surface area contributed by atoms with Crippen molar-refractivity contribution < 1.29 is 13.2 Å². The third kappa shape index (κ3) is 3.46. The normalized spacial score (nSPS) is 18.7. The van der Waals surface area contributed by atoms with Crippen LogP contribution in [0.15, 0.2) is 59.1 Å². The molecular formula is C34H31F2NO. The molecule has 0 saturated heterocycles. The molecule has 4 heteroatoms. The van der Waals surface area contributed by atoms with Crippen LogP contribution in [0.1, 0.15) is 79.0 Å². The number of benzene rings is 3. The van der Waals surface area contributed by atoms with Crippen LogP contribution < -0.4 is 0 Å². The second-order valence-corrected chi connectivity index (χ2v) is 11.7. The Morgan fingerprint density at radius 1 is 1.05 bits per heavy atom. The van der Waals surface area contributed by atoms with Crippen molar-refractivity contribution in [2.45, 2.75) is 65.2 Å². The first-order valence-corrected chi connectivity index (χ1v) is 13.7. The summed E-state index contributed by atoms with van der Waals surface area (Å²) in [6, 6.07) is 16.8. The maximum absolute atomic E-state index is 14.2. The number of aromatic nitrogens is 1. The molecule has 2 heterocycles. The van der Waals surface area contributed by atoms with Crippen molar-refractivity contribution in [3.63, 3.8) is 0 Å². The highest BCUT2D eigenvalue weighted by Gasteiger charge is 2.40. The Balaban J connectivity index is 1.55. The summed E-state index contributed by atoms with van der Waals surface area (Å²) in [5.74, 6) is -2.27. The summed E-state index contributed by atoms with van der Waals surface area (Å²) in [6.45, 7) is 8.81. The standard InChI is InChI=1S/C34H31F2NO/c1-18(2)13-25-26-16-23(22-9-11-34(35,36)17-22)15-21-10-12-37-32(30(21)26)31(25)29-20(4)19(3)14-27-24-7-5-6-8-28(24)38-33(27)29/h5-8,10,12,14-16,18,22H,9,11,13,17H2,1-4H3. The van der Waals surface area contributed by atoms with Crippen LogP contribution in [0.3, 0.4) is 0 Å². The summed E-state index contributed by atoms with van der Waals surface area (Å²) >= 11 is 0. The first kappa shape index (κ1) is 23.6. The molecule has 38 heavy (non-hydrogen) atoms. The third-order valence-electron chi connectivity index (χ3n) is 8.68. The lowest BCUT2D eigenvalue weighted by Gasteiger charge is -2.17. The summed E-state index contributed by atoms with van der Waals surface area (Å²) in [4.78, 5) is 4.96. The van der Waals surface area contributed by atoms with E-state index in [9.17, 15) is 8.78 Å². The minimum Gasteiger partial charge on any atom is -0.455 e. The highest BCUT2D eigenvalue weighted by Crippen LogP contribution is 2.52. The topological polar surface area (TPSA) is 26.0 Å². The summed E-state index contributed by atoms with van der Waals surface area (Å²) in [6.07, 6.45) is 3.18. The van der Waals surface area contributed by atoms with Crippen molar-refractivity contribution in [3.8, 4) is 0 Å². The number of nitrogens with zero attached hydrogens (tertiary/aromatic N) is 1. The highest BCUT2D eigenvalue weighted by atomic mass is 19.3. The number of alkyl halides is 2. The average molecular weight is 508 g/mol. The fraction of sp³-hybridized carbons (Fsp3) is 0.324. The molecule has 1 atom stereocenters. The Morgan fingerprint density at radius 3 is 2.63 bits per heavy atom. The smallest absolute Gasteiger partial charge is 0.248 e. The van der Waals surface area contributed by atoms with Crippen LogP contribution in [0.4, 0.5) is 8.78 Å². The molecule has 1 fully saturated rings. The Labute approximate surface area is 221 Å². The van der Waals surface area contributed by atoms with Crippen LogP contribution in [0, 0.1) is 19.8 Å². The largest absolute Gasteiger partial charge is 0.455 e. The van der Waals surface area contributed by atoms with Crippen molar-refractivity contribution in [3.05, 3.63) is 88.2 Å². The number of allylic oxidation sites excluding steroid dienone is 1. The van der Waals surface area contributed by atoms with Gasteiger partial charge in [-0.05, 0) is 89.9 Å². The van der Waals surface area contributed by atoms with Gasteiger partial charge in [0, 0.05) is 46.3 Å². The molecule has 1 unspecified atom stereocenters. The predicted molar refractivity (Wildman–Crippen MR) is 152 cm³/mol. The highest BCUT2D eigenvalue weighted by molar-refractivity contribution is 6.20. The second kappa shape index (κ2) is 8.23. The minimum absolute atomic E-state index is 0.0287. The Bertz CT molecular complexity index is 1810. The molecule has 2 aliphatic rings. The van der Waals surface area contributed by atoms with E-state index in [-0.39, 0.29) is 18.8 Å². The molecule has 0 aliphatic heterocycles. The van der Waals surface area contributed by atoms with Crippen molar-refractivity contribution in [2.75, 3.05) is 0 Å². The van der Waals surface area contributed by atoms with Gasteiger partial charge in [0.25, 0.3) is 0 Å². The van der Waals surface area contributed by atoms with Gasteiger partial charge in [0.15, 0.2) is 0 Å². The zero-order valence-electron chi connectivity index (χ0n) is 22.3. The number of halogens is 2. The van der Waals surface area contributed by atoms with Gasteiger partial charge in [0.1, 0.15) is 11.2 Å². The quantitative estimate of drug-likeness (QED) is 0.242. The van der Waals surface area contributed by atoms with E-state index in [4.69, 9.17) is 9.40 Å². The Hall–Kier alpha value is -3.53. The lowest BCUT2D eigenvalue weighted by molar-refractivity contribution is 0.00777. The lowest BCUT2D eigenvalue weighted by atomic mass is 9.87. The molecule has 192 valence electrons. The van der Waals surface area contributed by atoms with Gasteiger partial charge in [-0.3, -0.25) is 4.98 Å². The number of fused-ring (bicyclic) bond motifs is 3. The maximum Gasteiger partial charge on any atom is 0.248 e. The number of furan rings is 1. The number of hydrogen-bond acceptors (Lipinski definition) is 2. The zero-order chi connectivity index (χ0) is 26.3. The molecule has 2 aromatic heterocycles. The molecule has 1 saturated carbocycles. The van der Waals surface area contributed by atoms with Gasteiger partial charge in [-0.2, -0.15) is 0 Å². The molecule has 3 aromatic carbocycles. The third-order valence-corrected chi connectivity index (χ3v) is 8.68. The van der Waals surface area contributed by atoms with E-state index >= 15 is 0 Å². The number of para-hydroxylation sites is 1. The molecule has 0 bridgehead atoms. The molecular weight excluding hydrogens is 476 g/mol. The summed E-state index contributed by atoms with van der Waals surface area (Å²) in [7, 11) is 0. The number of pyridine rings is 1. The van der Waals surface area contributed by atoms with Gasteiger partial charge in [0.05, 0.1) is 5.69 Å². The number of aryl methyl sites for hydroxylation is 1. The van der Waals surface area contributed by atoms with Crippen LogP contribution in [-0.4, -0.2) is 10.9 Å². The molecule has 0 amide bonds. The Kier molecular flexibility index (Phi) is 5.11. The van der Waals surface area contributed by atoms with Crippen LogP contribution in [0.5, 0.6) is 0 Å². The van der Waals surface area contributed by atoms with Crippen LogP contribution >= 0.6 is 0 Å². The van der Waals surface area contributed by atoms with Crippen LogP contribution in [-0.2, 0) is 0 Å². The monoisotopic (exact) mass is 507 g/mol. The van der Waals surface area contributed by atoms with Gasteiger partial charge in [-0.15, -0.1) is 0 Å². The molecule has 5 aromatic rings. The molecule has 0 spiro atoms. The summed E-state index contributed by atoms with van der Waals surface area (Å²) in [5.41, 5.74) is 10.8. The number of hydrogen-bond donors (Lipinski definition) is 0. The van der Waals surface area contributed by atoms with E-state index in [0.29, 0.717) is 12.3 Å². The van der Waals surface area contributed by atoms with E-state index in [2.05, 4.69) is 58.0 Å². The minimum atomic E-state index is -2.57. The van der Waals surface area contributed by atoms with E-state index in [1.54, 1.807) is 0 Å². The van der Waals surface area contributed by atoms with Crippen molar-refractivity contribution in [2.24, 2.45) is 5.92 Å². The van der Waals surface area contributed by atoms with Gasteiger partial charge in [-0.1, -0.05) is 44.2 Å². The van der Waals surface area contributed by atoms with Crippen LogP contribution in [0.2, 0.25) is 0 Å². The molecule has 0 radical (unpaired) electrons. The van der Waals surface area contributed by atoms with Crippen molar-refractivity contribution in [1.29, 1.82) is 0 Å². The van der Waals surface area contributed by atoms with Crippen molar-refractivity contribution >= 4 is 43.9 Å². The van der Waals surface area contributed by atoms with Crippen molar-refractivity contribution in [1.82, 2.24) is 4.98 Å². The van der Waals surface area contributed by atoms with E-state index in [0.717, 1.165) is 67.1 Å². The lowest BCUT2D eigenvalue weighted by Crippen LogP contribution is -2.09. The van der Waals surface area contributed by atoms with E-state index in [1.807, 2.05) is 24.4 Å². The van der Waals surface area contributed by atoms with E-state index < -0.39 is 5.92 Å². The summed E-state index contributed by atoms with van der Waals surface area (Å²) < 4.78 is 35.0. The fourth-order valence-electron chi connectivity index (χ4n) is 6.79. The van der Waals surface area contributed by atoms with Gasteiger partial charge in [0.2, 0.25) is 5.92 Å². The predicted octanol–water partition coefficient (Wildman–Crippen LogP) is 9.97. The number of rotatable bonds is 4. The van der Waals surface area contributed by atoms with Gasteiger partial charge in [-0.25, -0.2) is 8.78 Å². The SMILES string of the molecule is Cc1cc2c(oc3ccccc32)c(C2=C(CC(C)C)c3cc(C4CCC(F)(F)C4)cc4ccnc2c34)c1C. The first-order chi connectivity index (χ1) is 18.2. The van der Waals surface area contributed by atoms with Gasteiger partial charge < -0.3 is 4.42 Å². The average Bonchev–Trinajstić information content (AvgIpc) is 3.53. The Morgan fingerprint density at radius 2 is 1.87 bits per heavy atom. The molecule has 2 aliphatic carbocycles. The summed E-state index contributed by atoms with van der Waals surface area (Å²) in [5, 5.41) is 4.45. The molecule has 0 N–H and O–H groups in total. The fourth-order valence-corrected chi connectivity index (χ4v) is 6.79. The molecule has 7 rings (SSSR count). The maximum atomic E-state index is 14.2. The van der Waals surface area contributed by atoms with Crippen LogP contribution in [0.25, 0.3) is 43.9 Å².